The number of rotatable bonds is 3. The molecule has 0 aliphatic carbocycles. The minimum atomic E-state index is 0.0475. The van der Waals surface area contributed by atoms with Gasteiger partial charge < -0.3 is 15.4 Å². The number of ether oxygens (including phenoxy) is 1. The number of benzene rings is 1. The van der Waals surface area contributed by atoms with Crippen LogP contribution in [0, 0.1) is 0 Å². The first-order chi connectivity index (χ1) is 9.26. The van der Waals surface area contributed by atoms with Crippen LogP contribution < -0.4 is 10.6 Å². The normalized spacial score (nSPS) is 15.4. The molecule has 0 unspecified atom stereocenters. The zero-order valence-corrected chi connectivity index (χ0v) is 11.3. The number of anilines is 1. The van der Waals surface area contributed by atoms with Gasteiger partial charge in [0.25, 0.3) is 0 Å². The lowest BCUT2D eigenvalue weighted by molar-refractivity contribution is 0.0549. The Bertz CT molecular complexity index is 413. The fourth-order valence-electron chi connectivity index (χ4n) is 2.17. The number of nitrogens with zero attached hydrogens (tertiary/aromatic N) is 2. The summed E-state index contributed by atoms with van der Waals surface area (Å²) in [7, 11) is 0. The second-order valence-electron chi connectivity index (χ2n) is 4.50. The number of nitrogens with two attached hydrogens (primary N) is 1. The largest absolute Gasteiger partial charge is 0.378 e. The number of hydrogen-bond acceptors (Lipinski definition) is 3. The standard InChI is InChI=1S/C14H21N3O2/c1-2-17(13-5-3-12(11-15)4-6-13)14(18)16-7-9-19-10-8-16/h3-6H,2,7-11,15H2,1H3. The molecule has 5 heteroatoms. The molecule has 0 bridgehead atoms. The van der Waals surface area contributed by atoms with Gasteiger partial charge >= 0.3 is 6.03 Å². The van der Waals surface area contributed by atoms with Gasteiger partial charge in [0, 0.05) is 31.9 Å². The zero-order valence-electron chi connectivity index (χ0n) is 11.3. The minimum Gasteiger partial charge on any atom is -0.378 e. The van der Waals surface area contributed by atoms with E-state index in [1.54, 1.807) is 4.90 Å². The molecule has 1 fully saturated rings. The molecule has 2 amide bonds. The predicted octanol–water partition coefficient (Wildman–Crippen LogP) is 1.42. The summed E-state index contributed by atoms with van der Waals surface area (Å²) in [5.74, 6) is 0. The van der Waals surface area contributed by atoms with Crippen LogP contribution in [0.3, 0.4) is 0 Å². The molecule has 0 spiro atoms. The van der Waals surface area contributed by atoms with Gasteiger partial charge in [0.1, 0.15) is 0 Å². The van der Waals surface area contributed by atoms with Gasteiger partial charge in [-0.1, -0.05) is 12.1 Å². The van der Waals surface area contributed by atoms with Gasteiger partial charge in [0.05, 0.1) is 13.2 Å². The van der Waals surface area contributed by atoms with Crippen LogP contribution in [0.2, 0.25) is 0 Å². The average molecular weight is 263 g/mol. The Morgan fingerprint density at radius 3 is 2.47 bits per heavy atom. The lowest BCUT2D eigenvalue weighted by Gasteiger charge is -2.32. The van der Waals surface area contributed by atoms with Crippen LogP contribution in [0.1, 0.15) is 12.5 Å². The molecule has 2 rings (SSSR count). The van der Waals surface area contributed by atoms with E-state index in [1.807, 2.05) is 36.1 Å². The molecule has 0 saturated carbocycles. The Hall–Kier alpha value is -1.59. The summed E-state index contributed by atoms with van der Waals surface area (Å²) in [6, 6.07) is 7.87. The van der Waals surface area contributed by atoms with Gasteiger partial charge in [0.15, 0.2) is 0 Å². The summed E-state index contributed by atoms with van der Waals surface area (Å²) < 4.78 is 5.27. The molecule has 0 atom stereocenters. The number of hydrogen-bond donors (Lipinski definition) is 1. The third kappa shape index (κ3) is 3.24. The maximum atomic E-state index is 12.5. The van der Waals surface area contributed by atoms with Crippen LogP contribution in [-0.2, 0) is 11.3 Å². The van der Waals surface area contributed by atoms with E-state index in [-0.39, 0.29) is 6.03 Å². The first kappa shape index (κ1) is 13.8. The van der Waals surface area contributed by atoms with Gasteiger partial charge in [0.2, 0.25) is 0 Å². The van der Waals surface area contributed by atoms with Crippen molar-refractivity contribution in [2.24, 2.45) is 5.73 Å². The van der Waals surface area contributed by atoms with E-state index in [0.717, 1.165) is 11.3 Å². The van der Waals surface area contributed by atoms with Crippen molar-refractivity contribution in [2.45, 2.75) is 13.5 Å². The summed E-state index contributed by atoms with van der Waals surface area (Å²) in [4.78, 5) is 16.1. The Balaban J connectivity index is 2.11. The highest BCUT2D eigenvalue weighted by atomic mass is 16.5. The topological polar surface area (TPSA) is 58.8 Å². The molecule has 104 valence electrons. The fourth-order valence-corrected chi connectivity index (χ4v) is 2.17. The molecule has 1 saturated heterocycles. The second-order valence-corrected chi connectivity index (χ2v) is 4.50. The van der Waals surface area contributed by atoms with Crippen molar-refractivity contribution in [3.05, 3.63) is 29.8 Å². The number of urea groups is 1. The van der Waals surface area contributed by atoms with Crippen molar-refractivity contribution in [1.82, 2.24) is 4.90 Å². The summed E-state index contributed by atoms with van der Waals surface area (Å²) >= 11 is 0. The van der Waals surface area contributed by atoms with Crippen LogP contribution in [0.5, 0.6) is 0 Å². The number of carbonyl (C=O) groups excluding carboxylic acids is 1. The molecule has 1 aromatic carbocycles. The highest BCUT2D eigenvalue weighted by Crippen LogP contribution is 2.17. The van der Waals surface area contributed by atoms with Gasteiger partial charge in [-0.05, 0) is 24.6 Å². The molecule has 1 aromatic rings. The molecule has 0 radical (unpaired) electrons. The quantitative estimate of drug-likeness (QED) is 0.897. The van der Waals surface area contributed by atoms with E-state index in [4.69, 9.17) is 10.5 Å². The highest BCUT2D eigenvalue weighted by Gasteiger charge is 2.22. The van der Waals surface area contributed by atoms with Crippen LogP contribution in [0.25, 0.3) is 0 Å². The van der Waals surface area contributed by atoms with E-state index in [9.17, 15) is 4.79 Å². The average Bonchev–Trinajstić information content (AvgIpc) is 2.49. The van der Waals surface area contributed by atoms with Gasteiger partial charge in [-0.15, -0.1) is 0 Å². The van der Waals surface area contributed by atoms with Gasteiger partial charge in [-0.25, -0.2) is 4.79 Å². The maximum Gasteiger partial charge on any atom is 0.324 e. The van der Waals surface area contributed by atoms with Crippen molar-refractivity contribution in [1.29, 1.82) is 0 Å². The maximum absolute atomic E-state index is 12.5. The first-order valence-electron chi connectivity index (χ1n) is 6.69. The molecule has 19 heavy (non-hydrogen) atoms. The minimum absolute atomic E-state index is 0.0475. The predicted molar refractivity (Wildman–Crippen MR) is 75.1 cm³/mol. The third-order valence-corrected chi connectivity index (χ3v) is 3.31. The summed E-state index contributed by atoms with van der Waals surface area (Å²) in [6.45, 7) is 5.72. The van der Waals surface area contributed by atoms with E-state index in [2.05, 4.69) is 0 Å². The number of morpholine rings is 1. The van der Waals surface area contributed by atoms with Crippen molar-refractivity contribution < 1.29 is 9.53 Å². The summed E-state index contributed by atoms with van der Waals surface area (Å²) in [5, 5.41) is 0. The first-order valence-corrected chi connectivity index (χ1v) is 6.69. The Morgan fingerprint density at radius 2 is 1.95 bits per heavy atom. The summed E-state index contributed by atoms with van der Waals surface area (Å²) in [5.41, 5.74) is 7.56. The fraction of sp³-hybridized carbons (Fsp3) is 0.500. The van der Waals surface area contributed by atoms with Crippen molar-refractivity contribution in [2.75, 3.05) is 37.7 Å². The monoisotopic (exact) mass is 263 g/mol. The molecule has 1 aliphatic rings. The molecule has 0 aromatic heterocycles. The lowest BCUT2D eigenvalue weighted by atomic mass is 10.2. The second kappa shape index (κ2) is 6.54. The van der Waals surface area contributed by atoms with Crippen LogP contribution in [0.15, 0.2) is 24.3 Å². The SMILES string of the molecule is CCN(C(=O)N1CCOCC1)c1ccc(CN)cc1. The molecular formula is C14H21N3O2. The van der Waals surface area contributed by atoms with E-state index in [0.29, 0.717) is 39.4 Å². The van der Waals surface area contributed by atoms with Crippen molar-refractivity contribution >= 4 is 11.7 Å². The lowest BCUT2D eigenvalue weighted by Crippen LogP contribution is -2.48. The number of amides is 2. The zero-order chi connectivity index (χ0) is 13.7. The molecule has 1 heterocycles. The van der Waals surface area contributed by atoms with E-state index >= 15 is 0 Å². The van der Waals surface area contributed by atoms with Crippen LogP contribution >= 0.6 is 0 Å². The smallest absolute Gasteiger partial charge is 0.324 e. The molecular weight excluding hydrogens is 242 g/mol. The number of carbonyl (C=O) groups is 1. The van der Waals surface area contributed by atoms with Crippen LogP contribution in [-0.4, -0.2) is 43.8 Å². The Morgan fingerprint density at radius 1 is 1.32 bits per heavy atom. The molecule has 2 N–H and O–H groups in total. The Labute approximate surface area is 113 Å². The van der Waals surface area contributed by atoms with Crippen molar-refractivity contribution in [3.8, 4) is 0 Å². The van der Waals surface area contributed by atoms with Crippen molar-refractivity contribution in [3.63, 3.8) is 0 Å². The third-order valence-electron chi connectivity index (χ3n) is 3.31. The van der Waals surface area contributed by atoms with Gasteiger partial charge in [-0.3, -0.25) is 4.90 Å². The highest BCUT2D eigenvalue weighted by molar-refractivity contribution is 5.92. The molecule has 5 nitrogen and oxygen atoms in total. The summed E-state index contributed by atoms with van der Waals surface area (Å²) in [6.07, 6.45) is 0. The van der Waals surface area contributed by atoms with Gasteiger partial charge in [-0.2, -0.15) is 0 Å². The molecule has 1 aliphatic heterocycles. The van der Waals surface area contributed by atoms with E-state index < -0.39 is 0 Å². The van der Waals surface area contributed by atoms with E-state index in [1.165, 1.54) is 0 Å². The Kier molecular flexibility index (Phi) is 4.76. The van der Waals surface area contributed by atoms with Crippen LogP contribution in [0.4, 0.5) is 10.5 Å².